The van der Waals surface area contributed by atoms with Crippen LogP contribution in [0.15, 0.2) is 30.7 Å². The van der Waals surface area contributed by atoms with Crippen LogP contribution < -0.4 is 10.6 Å². The lowest BCUT2D eigenvalue weighted by atomic mass is 9.98. The Labute approximate surface area is 190 Å². The fourth-order valence-corrected chi connectivity index (χ4v) is 5.74. The van der Waals surface area contributed by atoms with Gasteiger partial charge >= 0.3 is 0 Å². The first kappa shape index (κ1) is 20.0. The molecule has 2 atom stereocenters. The second-order valence-electron chi connectivity index (χ2n) is 8.90. The van der Waals surface area contributed by atoms with Gasteiger partial charge in [0, 0.05) is 54.1 Å². The summed E-state index contributed by atoms with van der Waals surface area (Å²) in [6.07, 6.45) is 10.2. The molecule has 2 bridgehead atoms. The van der Waals surface area contributed by atoms with E-state index in [1.807, 2.05) is 35.4 Å². The van der Waals surface area contributed by atoms with Gasteiger partial charge in [0.2, 0.25) is 0 Å². The van der Waals surface area contributed by atoms with E-state index in [9.17, 15) is 0 Å². The van der Waals surface area contributed by atoms with Crippen LogP contribution in [0.5, 0.6) is 0 Å². The van der Waals surface area contributed by atoms with Crippen molar-refractivity contribution in [2.45, 2.75) is 50.4 Å². The van der Waals surface area contributed by atoms with Crippen molar-refractivity contribution in [2.75, 3.05) is 18.6 Å². The Morgan fingerprint density at radius 3 is 2.81 bits per heavy atom. The van der Waals surface area contributed by atoms with Gasteiger partial charge in [-0.3, -0.25) is 4.68 Å². The number of benzene rings is 1. The van der Waals surface area contributed by atoms with Crippen LogP contribution in [-0.4, -0.2) is 56.6 Å². The summed E-state index contributed by atoms with van der Waals surface area (Å²) in [6, 6.07) is 5.24. The number of aromatic amines is 1. The molecule has 9 heteroatoms. The number of hydrogen-bond acceptors (Lipinski definition) is 6. The molecule has 166 valence electrons. The molecule has 3 N–H and O–H groups in total. The van der Waals surface area contributed by atoms with Gasteiger partial charge in [0.05, 0.1) is 29.9 Å². The Morgan fingerprint density at radius 2 is 2.03 bits per heavy atom. The van der Waals surface area contributed by atoms with E-state index >= 15 is 0 Å². The third-order valence-corrected chi connectivity index (χ3v) is 7.30. The van der Waals surface area contributed by atoms with Crippen LogP contribution in [0, 0.1) is 0 Å². The number of methoxy groups -OCH3 is 1. The molecule has 0 aliphatic carbocycles. The van der Waals surface area contributed by atoms with E-state index in [4.69, 9.17) is 32.0 Å². The summed E-state index contributed by atoms with van der Waals surface area (Å²) in [5.41, 5.74) is 10.6. The van der Waals surface area contributed by atoms with Gasteiger partial charge in [-0.1, -0.05) is 17.7 Å². The third-order valence-electron chi connectivity index (χ3n) is 6.89. The van der Waals surface area contributed by atoms with Gasteiger partial charge in [-0.15, -0.1) is 0 Å². The molecule has 6 rings (SSSR count). The lowest BCUT2D eigenvalue weighted by Crippen LogP contribution is -2.47. The number of anilines is 1. The van der Waals surface area contributed by atoms with Crippen molar-refractivity contribution in [3.63, 3.8) is 0 Å². The summed E-state index contributed by atoms with van der Waals surface area (Å²) < 4.78 is 7.02. The van der Waals surface area contributed by atoms with Gasteiger partial charge in [-0.05, 0) is 31.7 Å². The first-order valence-electron chi connectivity index (χ1n) is 11.2. The number of aromatic nitrogens is 5. The Bertz CT molecular complexity index is 1280. The fraction of sp³-hybridized carbons (Fsp3) is 0.435. The molecule has 0 amide bonds. The average molecular weight is 452 g/mol. The smallest absolute Gasteiger partial charge is 0.159 e. The number of piperidine rings is 1. The summed E-state index contributed by atoms with van der Waals surface area (Å²) in [4.78, 5) is 15.5. The summed E-state index contributed by atoms with van der Waals surface area (Å²) >= 11 is 6.83. The number of nitrogens with zero attached hydrogens (tertiary/aromatic N) is 5. The summed E-state index contributed by atoms with van der Waals surface area (Å²) in [7, 11) is 1.68. The third kappa shape index (κ3) is 3.17. The molecule has 2 fully saturated rings. The molecule has 32 heavy (non-hydrogen) atoms. The molecular weight excluding hydrogens is 426 g/mol. The van der Waals surface area contributed by atoms with Gasteiger partial charge in [-0.25, -0.2) is 9.97 Å². The summed E-state index contributed by atoms with van der Waals surface area (Å²) in [6.45, 7) is 1.28. The minimum Gasteiger partial charge on any atom is -0.383 e. The summed E-state index contributed by atoms with van der Waals surface area (Å²) in [5.74, 6) is 0.936. The molecule has 1 aromatic carbocycles. The van der Waals surface area contributed by atoms with Gasteiger partial charge in [0.15, 0.2) is 5.65 Å². The molecule has 0 radical (unpaired) electrons. The zero-order valence-electron chi connectivity index (χ0n) is 18.0. The monoisotopic (exact) mass is 451 g/mol. The number of halogens is 1. The Balaban J connectivity index is 1.36. The highest BCUT2D eigenvalue weighted by Gasteiger charge is 2.40. The number of ether oxygens (including phenoxy) is 1. The minimum atomic E-state index is 0.299. The number of nitrogens with one attached hydrogen (secondary N) is 1. The highest BCUT2D eigenvalue weighted by molar-refractivity contribution is 6.38. The van der Waals surface area contributed by atoms with E-state index in [0.29, 0.717) is 36.3 Å². The molecule has 2 saturated heterocycles. The van der Waals surface area contributed by atoms with Crippen LogP contribution in [0.2, 0.25) is 5.02 Å². The highest BCUT2D eigenvalue weighted by Crippen LogP contribution is 2.40. The van der Waals surface area contributed by atoms with E-state index in [0.717, 1.165) is 51.9 Å². The topological polar surface area (TPSA) is 97.9 Å². The van der Waals surface area contributed by atoms with E-state index in [2.05, 4.69) is 15.0 Å². The van der Waals surface area contributed by atoms with E-state index in [1.54, 1.807) is 7.11 Å². The standard InChI is InChI=1S/C23H26ClN7O/c1-32-7-6-30-12-18-19(29-30)5-4-16(21(18)24)17-10-27-23-22(17)26-11-20(28-23)31-14-2-3-15(31)9-13(25)8-14/h4-5,10-15H,2-3,6-9,25H2,1H3,(H,27,28). The first-order chi connectivity index (χ1) is 15.6. The largest absolute Gasteiger partial charge is 0.383 e. The lowest BCUT2D eigenvalue weighted by molar-refractivity contribution is 0.184. The van der Waals surface area contributed by atoms with Crippen molar-refractivity contribution in [3.8, 4) is 11.1 Å². The zero-order chi connectivity index (χ0) is 21.8. The molecule has 2 unspecified atom stereocenters. The van der Waals surface area contributed by atoms with E-state index in [1.165, 1.54) is 12.8 Å². The summed E-state index contributed by atoms with van der Waals surface area (Å²) in [5, 5.41) is 6.17. The molecule has 0 spiro atoms. The second-order valence-corrected chi connectivity index (χ2v) is 9.27. The van der Waals surface area contributed by atoms with Gasteiger partial charge in [-0.2, -0.15) is 5.10 Å². The van der Waals surface area contributed by atoms with Crippen molar-refractivity contribution in [2.24, 2.45) is 5.73 Å². The Kier molecular flexibility index (Phi) is 4.82. The Hall–Kier alpha value is -2.68. The number of hydrogen-bond donors (Lipinski definition) is 2. The van der Waals surface area contributed by atoms with Gasteiger partial charge in [0.1, 0.15) is 11.3 Å². The van der Waals surface area contributed by atoms with Crippen LogP contribution in [-0.2, 0) is 11.3 Å². The predicted octanol–water partition coefficient (Wildman–Crippen LogP) is 3.73. The molecular formula is C23H26ClN7O. The quantitative estimate of drug-likeness (QED) is 0.479. The number of fused-ring (bicyclic) bond motifs is 4. The maximum atomic E-state index is 6.83. The number of rotatable bonds is 5. The van der Waals surface area contributed by atoms with Gasteiger partial charge in [0.25, 0.3) is 0 Å². The average Bonchev–Trinajstić information content (AvgIpc) is 3.47. The van der Waals surface area contributed by atoms with Gasteiger partial charge < -0.3 is 20.4 Å². The molecule has 8 nitrogen and oxygen atoms in total. The van der Waals surface area contributed by atoms with Crippen LogP contribution in [0.4, 0.5) is 5.82 Å². The number of nitrogens with two attached hydrogens (primary N) is 1. The maximum Gasteiger partial charge on any atom is 0.159 e. The number of H-pyrrole nitrogens is 1. The first-order valence-corrected chi connectivity index (χ1v) is 11.5. The molecule has 2 aliphatic heterocycles. The molecule has 2 aliphatic rings. The minimum absolute atomic E-state index is 0.299. The van der Waals surface area contributed by atoms with Crippen molar-refractivity contribution >= 4 is 39.5 Å². The van der Waals surface area contributed by atoms with Crippen molar-refractivity contribution < 1.29 is 4.74 Å². The van der Waals surface area contributed by atoms with Crippen molar-refractivity contribution in [1.82, 2.24) is 24.7 Å². The van der Waals surface area contributed by atoms with Crippen LogP contribution >= 0.6 is 11.6 Å². The fourth-order valence-electron chi connectivity index (χ4n) is 5.43. The molecule has 3 aromatic heterocycles. The zero-order valence-corrected chi connectivity index (χ0v) is 18.7. The highest BCUT2D eigenvalue weighted by atomic mass is 35.5. The van der Waals surface area contributed by atoms with E-state index in [-0.39, 0.29) is 0 Å². The maximum absolute atomic E-state index is 6.83. The van der Waals surface area contributed by atoms with Crippen LogP contribution in [0.3, 0.4) is 0 Å². The van der Waals surface area contributed by atoms with Crippen molar-refractivity contribution in [3.05, 3.63) is 35.7 Å². The van der Waals surface area contributed by atoms with Crippen molar-refractivity contribution in [1.29, 1.82) is 0 Å². The normalized spacial score (nSPS) is 23.0. The molecule has 5 heterocycles. The lowest BCUT2D eigenvalue weighted by Gasteiger charge is -2.38. The van der Waals surface area contributed by atoms with E-state index < -0.39 is 0 Å². The Morgan fingerprint density at radius 1 is 1.22 bits per heavy atom. The van der Waals surface area contributed by atoms with Crippen LogP contribution in [0.25, 0.3) is 33.2 Å². The second kappa shape index (κ2) is 7.72. The molecule has 4 aromatic rings. The predicted molar refractivity (Wildman–Crippen MR) is 126 cm³/mol. The molecule has 0 saturated carbocycles. The van der Waals surface area contributed by atoms with Crippen LogP contribution in [0.1, 0.15) is 25.7 Å². The SMILES string of the molecule is COCCn1cc2c(Cl)c(-c3c[nH]c4nc(N5C6CCC5CC(N)C6)cnc34)ccc2n1.